The van der Waals surface area contributed by atoms with Gasteiger partial charge in [0.1, 0.15) is 11.0 Å². The van der Waals surface area contributed by atoms with Gasteiger partial charge in [-0.2, -0.15) is 11.8 Å². The second-order valence-corrected chi connectivity index (χ2v) is 3.58. The number of halogens is 1. The lowest BCUT2D eigenvalue weighted by Crippen LogP contribution is -2.14. The Kier molecular flexibility index (Phi) is 4.05. The van der Waals surface area contributed by atoms with Crippen LogP contribution in [0.15, 0.2) is 18.2 Å². The summed E-state index contributed by atoms with van der Waals surface area (Å²) in [5.74, 6) is 0.850. The summed E-state index contributed by atoms with van der Waals surface area (Å²) < 4.78 is 0. The fraction of sp³-hybridized carbons (Fsp3) is 0.250. The maximum absolute atomic E-state index is 11.1. The number of pyridine rings is 1. The second-order valence-electron chi connectivity index (χ2n) is 2.33. The summed E-state index contributed by atoms with van der Waals surface area (Å²) in [6, 6.07) is 5.10. The van der Waals surface area contributed by atoms with E-state index in [0.717, 1.165) is 0 Å². The van der Waals surface area contributed by atoms with Crippen LogP contribution >= 0.6 is 23.4 Å². The maximum Gasteiger partial charge on any atom is 0.235 e. The number of nitrogens with zero attached hydrogens (tertiary/aromatic N) is 1. The van der Waals surface area contributed by atoms with Crippen molar-refractivity contribution in [3.8, 4) is 0 Å². The van der Waals surface area contributed by atoms with Crippen LogP contribution in [-0.2, 0) is 4.79 Å². The van der Waals surface area contributed by atoms with Crippen molar-refractivity contribution < 1.29 is 4.79 Å². The van der Waals surface area contributed by atoms with Crippen molar-refractivity contribution in [1.82, 2.24) is 4.98 Å². The van der Waals surface area contributed by atoms with Crippen molar-refractivity contribution >= 4 is 35.1 Å². The highest BCUT2D eigenvalue weighted by atomic mass is 35.5. The van der Waals surface area contributed by atoms with Crippen LogP contribution in [0.25, 0.3) is 0 Å². The molecule has 13 heavy (non-hydrogen) atoms. The molecule has 0 saturated carbocycles. The number of hydrogen-bond donors (Lipinski definition) is 1. The fourth-order valence-corrected chi connectivity index (χ4v) is 1.29. The summed E-state index contributed by atoms with van der Waals surface area (Å²) in [5, 5.41) is 3.01. The summed E-state index contributed by atoms with van der Waals surface area (Å²) in [6.45, 7) is 0. The Morgan fingerprint density at radius 2 is 2.46 bits per heavy atom. The first-order valence-electron chi connectivity index (χ1n) is 3.63. The predicted molar refractivity (Wildman–Crippen MR) is 56.3 cm³/mol. The molecule has 0 unspecified atom stereocenters. The zero-order valence-corrected chi connectivity index (χ0v) is 8.65. The zero-order chi connectivity index (χ0) is 9.68. The van der Waals surface area contributed by atoms with Gasteiger partial charge in [0.15, 0.2) is 0 Å². The minimum atomic E-state index is -0.0673. The normalized spacial score (nSPS) is 9.69. The number of carbonyl (C=O) groups is 1. The smallest absolute Gasteiger partial charge is 0.235 e. The molecule has 0 fully saturated rings. The van der Waals surface area contributed by atoms with E-state index in [4.69, 9.17) is 11.6 Å². The van der Waals surface area contributed by atoms with E-state index < -0.39 is 0 Å². The van der Waals surface area contributed by atoms with Crippen molar-refractivity contribution in [3.63, 3.8) is 0 Å². The third-order valence-electron chi connectivity index (χ3n) is 1.26. The summed E-state index contributed by atoms with van der Waals surface area (Å²) >= 11 is 7.10. The van der Waals surface area contributed by atoms with Gasteiger partial charge in [-0.05, 0) is 18.4 Å². The number of rotatable bonds is 3. The van der Waals surface area contributed by atoms with Crippen LogP contribution < -0.4 is 5.32 Å². The van der Waals surface area contributed by atoms with Gasteiger partial charge in [-0.25, -0.2) is 4.98 Å². The Morgan fingerprint density at radius 1 is 1.69 bits per heavy atom. The lowest BCUT2D eigenvalue weighted by molar-refractivity contribution is -0.113. The van der Waals surface area contributed by atoms with E-state index in [2.05, 4.69) is 10.3 Å². The van der Waals surface area contributed by atoms with Gasteiger partial charge in [-0.15, -0.1) is 0 Å². The van der Waals surface area contributed by atoms with Gasteiger partial charge in [-0.1, -0.05) is 17.7 Å². The van der Waals surface area contributed by atoms with Gasteiger partial charge in [0.2, 0.25) is 5.91 Å². The summed E-state index contributed by atoms with van der Waals surface area (Å²) in [7, 11) is 0. The predicted octanol–water partition coefficient (Wildman–Crippen LogP) is 2.04. The minimum Gasteiger partial charge on any atom is -0.310 e. The highest BCUT2D eigenvalue weighted by Gasteiger charge is 2.01. The van der Waals surface area contributed by atoms with Crippen LogP contribution in [0, 0.1) is 0 Å². The molecule has 0 atom stereocenters. The monoisotopic (exact) mass is 216 g/mol. The molecule has 0 aromatic carbocycles. The summed E-state index contributed by atoms with van der Waals surface area (Å²) in [5.41, 5.74) is 0. The number of hydrogen-bond acceptors (Lipinski definition) is 3. The minimum absolute atomic E-state index is 0.0673. The van der Waals surface area contributed by atoms with Crippen molar-refractivity contribution in [3.05, 3.63) is 23.4 Å². The molecule has 1 heterocycles. The standard InChI is InChI=1S/C8H9ClN2OS/c1-13-5-8(12)11-7-4-2-3-6(9)10-7/h2-4H,5H2,1H3,(H,10,11,12). The van der Waals surface area contributed by atoms with Crippen LogP contribution in [0.3, 0.4) is 0 Å². The molecule has 5 heteroatoms. The molecule has 1 rings (SSSR count). The average molecular weight is 217 g/mol. The highest BCUT2D eigenvalue weighted by molar-refractivity contribution is 7.99. The fourth-order valence-electron chi connectivity index (χ4n) is 0.788. The van der Waals surface area contributed by atoms with Gasteiger partial charge in [0, 0.05) is 0 Å². The summed E-state index contributed by atoms with van der Waals surface area (Å²) in [4.78, 5) is 15.0. The topological polar surface area (TPSA) is 42.0 Å². The summed E-state index contributed by atoms with van der Waals surface area (Å²) in [6.07, 6.45) is 1.87. The van der Waals surface area contributed by atoms with Crippen molar-refractivity contribution in [2.24, 2.45) is 0 Å². The molecule has 0 bridgehead atoms. The number of amides is 1. The Labute approximate surface area is 85.9 Å². The largest absolute Gasteiger partial charge is 0.310 e. The Hall–Kier alpha value is -0.740. The molecule has 1 N–H and O–H groups in total. The molecular formula is C8H9ClN2OS. The lowest BCUT2D eigenvalue weighted by Gasteiger charge is -2.02. The molecular weight excluding hydrogens is 208 g/mol. The first-order chi connectivity index (χ1) is 6.22. The molecule has 1 aromatic rings. The third-order valence-corrected chi connectivity index (χ3v) is 2.02. The molecule has 3 nitrogen and oxygen atoms in total. The molecule has 1 amide bonds. The van der Waals surface area contributed by atoms with E-state index in [9.17, 15) is 4.79 Å². The number of nitrogens with one attached hydrogen (secondary N) is 1. The molecule has 1 aromatic heterocycles. The van der Waals surface area contributed by atoms with E-state index in [1.54, 1.807) is 18.2 Å². The Morgan fingerprint density at radius 3 is 3.08 bits per heavy atom. The van der Waals surface area contributed by atoms with Crippen molar-refractivity contribution in [1.29, 1.82) is 0 Å². The quantitative estimate of drug-likeness (QED) is 0.787. The third kappa shape index (κ3) is 3.65. The van der Waals surface area contributed by atoms with E-state index >= 15 is 0 Å². The van der Waals surface area contributed by atoms with E-state index in [1.165, 1.54) is 11.8 Å². The average Bonchev–Trinajstić information content (AvgIpc) is 2.04. The van der Waals surface area contributed by atoms with Crippen LogP contribution in [0.2, 0.25) is 5.15 Å². The van der Waals surface area contributed by atoms with E-state index in [1.807, 2.05) is 6.26 Å². The SMILES string of the molecule is CSCC(=O)Nc1cccc(Cl)n1. The van der Waals surface area contributed by atoms with Crippen molar-refractivity contribution in [2.75, 3.05) is 17.3 Å². The van der Waals surface area contributed by atoms with Crippen LogP contribution in [0.4, 0.5) is 5.82 Å². The van der Waals surface area contributed by atoms with Crippen molar-refractivity contribution in [2.45, 2.75) is 0 Å². The number of thioether (sulfide) groups is 1. The molecule has 0 aliphatic heterocycles. The van der Waals surface area contributed by atoms with Gasteiger partial charge >= 0.3 is 0 Å². The first kappa shape index (κ1) is 10.3. The van der Waals surface area contributed by atoms with Gasteiger partial charge in [-0.3, -0.25) is 4.79 Å². The molecule has 0 aliphatic carbocycles. The van der Waals surface area contributed by atoms with E-state index in [0.29, 0.717) is 16.7 Å². The van der Waals surface area contributed by atoms with E-state index in [-0.39, 0.29) is 5.91 Å². The number of anilines is 1. The molecule has 0 spiro atoms. The molecule has 0 radical (unpaired) electrons. The number of carbonyl (C=O) groups excluding carboxylic acids is 1. The Bertz CT molecular complexity index is 306. The molecule has 0 saturated heterocycles. The van der Waals surface area contributed by atoms with Gasteiger partial charge < -0.3 is 5.32 Å². The first-order valence-corrected chi connectivity index (χ1v) is 5.41. The lowest BCUT2D eigenvalue weighted by atomic mass is 10.4. The van der Waals surface area contributed by atoms with Crippen LogP contribution in [-0.4, -0.2) is 22.9 Å². The van der Waals surface area contributed by atoms with Crippen LogP contribution in [0.1, 0.15) is 0 Å². The molecule has 70 valence electrons. The Balaban J connectivity index is 2.58. The van der Waals surface area contributed by atoms with Gasteiger partial charge in [0.05, 0.1) is 5.75 Å². The highest BCUT2D eigenvalue weighted by Crippen LogP contribution is 2.09. The zero-order valence-electron chi connectivity index (χ0n) is 7.08. The molecule has 0 aliphatic rings. The maximum atomic E-state index is 11.1. The van der Waals surface area contributed by atoms with Crippen LogP contribution in [0.5, 0.6) is 0 Å². The second kappa shape index (κ2) is 5.09. The number of aromatic nitrogens is 1. The van der Waals surface area contributed by atoms with Gasteiger partial charge in [0.25, 0.3) is 0 Å².